The second-order valence-corrected chi connectivity index (χ2v) is 14.3. The van der Waals surface area contributed by atoms with Gasteiger partial charge in [-0.25, -0.2) is 9.59 Å². The largest absolute Gasteiger partial charge is 0.446 e. The van der Waals surface area contributed by atoms with Crippen LogP contribution >= 0.6 is 0 Å². The van der Waals surface area contributed by atoms with Crippen LogP contribution in [0.2, 0.25) is 0 Å². The molecule has 0 spiro atoms. The van der Waals surface area contributed by atoms with Gasteiger partial charge in [0.15, 0.2) is 0 Å². The fourth-order valence-corrected chi connectivity index (χ4v) is 6.15. The van der Waals surface area contributed by atoms with E-state index in [4.69, 9.17) is 14.2 Å². The molecule has 1 saturated heterocycles. The molecule has 8 heteroatoms. The molecule has 1 heterocycles. The molecule has 0 aromatic rings. The van der Waals surface area contributed by atoms with Crippen molar-refractivity contribution in [1.29, 1.82) is 0 Å². The number of hydrogen-bond acceptors (Lipinski definition) is 6. The smallest absolute Gasteiger partial charge is 0.407 e. The maximum atomic E-state index is 12.4. The van der Waals surface area contributed by atoms with Crippen LogP contribution in [0.25, 0.3) is 0 Å². The first-order chi connectivity index (χ1) is 21.8. The van der Waals surface area contributed by atoms with E-state index in [-0.39, 0.29) is 13.2 Å². The quantitative estimate of drug-likeness (QED) is 0.0830. The van der Waals surface area contributed by atoms with Gasteiger partial charge < -0.3 is 29.7 Å². The Morgan fingerprint density at radius 2 is 1.11 bits per heavy atom. The van der Waals surface area contributed by atoms with Crippen molar-refractivity contribution in [2.75, 3.05) is 52.5 Å². The molecule has 45 heavy (non-hydrogen) atoms. The second kappa shape index (κ2) is 27.6. The van der Waals surface area contributed by atoms with Crippen LogP contribution in [0, 0.1) is 11.8 Å². The Labute approximate surface area is 277 Å². The van der Waals surface area contributed by atoms with Crippen LogP contribution in [-0.2, 0) is 14.2 Å². The Bertz CT molecular complexity index is 702. The molecule has 1 atom stereocenters. The molecule has 0 aromatic carbocycles. The second-order valence-electron chi connectivity index (χ2n) is 14.3. The summed E-state index contributed by atoms with van der Waals surface area (Å²) in [7, 11) is 0. The van der Waals surface area contributed by atoms with E-state index in [1.54, 1.807) is 0 Å². The molecule has 0 saturated carbocycles. The molecule has 1 aliphatic heterocycles. The molecule has 8 nitrogen and oxygen atoms in total. The number of carbonyl (C=O) groups excluding carboxylic acids is 2. The fraction of sp³-hybridized carbons (Fsp3) is 0.946. The van der Waals surface area contributed by atoms with Crippen molar-refractivity contribution in [1.82, 2.24) is 15.5 Å². The predicted octanol–water partition coefficient (Wildman–Crippen LogP) is 9.25. The lowest BCUT2D eigenvalue weighted by Gasteiger charge is -2.36. The van der Waals surface area contributed by atoms with Crippen LogP contribution in [0.15, 0.2) is 0 Å². The van der Waals surface area contributed by atoms with Gasteiger partial charge >= 0.3 is 12.2 Å². The van der Waals surface area contributed by atoms with Crippen molar-refractivity contribution < 1.29 is 23.8 Å². The average Bonchev–Trinajstić information content (AvgIpc) is 3.00. The third-order valence-electron chi connectivity index (χ3n) is 8.61. The highest BCUT2D eigenvalue weighted by molar-refractivity contribution is 5.67. The van der Waals surface area contributed by atoms with E-state index in [1.165, 1.54) is 89.9 Å². The Hall–Kier alpha value is -1.54. The minimum atomic E-state index is -0.775. The summed E-state index contributed by atoms with van der Waals surface area (Å²) in [5.74, 6) is 1.15. The molecule has 0 aromatic heterocycles. The number of carbonyl (C=O) groups is 2. The van der Waals surface area contributed by atoms with Crippen LogP contribution in [-0.4, -0.2) is 75.2 Å². The number of amides is 2. The highest BCUT2D eigenvalue weighted by Gasteiger charge is 2.37. The summed E-state index contributed by atoms with van der Waals surface area (Å²) >= 11 is 0. The Balaban J connectivity index is 2.11. The Morgan fingerprint density at radius 3 is 1.53 bits per heavy atom. The SMILES string of the molecule is CCCCCCCCCCCCCCCCCCNC(=O)OCC1(COC(=O)NCCN(CC(C)C)CC(C)C)CCCCO1. The molecule has 1 fully saturated rings. The number of ether oxygens (including phenoxy) is 3. The fourth-order valence-electron chi connectivity index (χ4n) is 6.15. The van der Waals surface area contributed by atoms with E-state index in [9.17, 15) is 9.59 Å². The summed E-state index contributed by atoms with van der Waals surface area (Å²) in [5, 5.41) is 5.75. The minimum Gasteiger partial charge on any atom is -0.446 e. The molecular weight excluding hydrogens is 566 g/mol. The van der Waals surface area contributed by atoms with Crippen LogP contribution < -0.4 is 10.6 Å². The summed E-state index contributed by atoms with van der Waals surface area (Å²) in [6, 6.07) is 0. The van der Waals surface area contributed by atoms with Gasteiger partial charge in [-0.3, -0.25) is 0 Å². The molecule has 0 aliphatic carbocycles. The van der Waals surface area contributed by atoms with Crippen LogP contribution in [0.1, 0.15) is 157 Å². The molecule has 1 aliphatic rings. The molecular formula is C37H73N3O5. The molecule has 0 radical (unpaired) electrons. The standard InChI is InChI=1S/C37H73N3O5/c1-6-7-8-9-10-11-12-13-14-15-16-17-18-19-20-22-25-38-35(41)43-31-37(24-21-23-28-45-37)32-44-36(42)39-26-27-40(29-33(2)3)30-34(4)5/h33-34H,6-32H2,1-5H3,(H,38,41)(H,39,42). The zero-order valence-electron chi connectivity index (χ0n) is 30.2. The number of nitrogens with one attached hydrogen (secondary N) is 2. The third kappa shape index (κ3) is 24.3. The number of nitrogens with zero attached hydrogens (tertiary/aromatic N) is 1. The van der Waals surface area contributed by atoms with Gasteiger partial charge in [0, 0.05) is 39.3 Å². The maximum absolute atomic E-state index is 12.4. The van der Waals surface area contributed by atoms with Gasteiger partial charge in [0.25, 0.3) is 0 Å². The van der Waals surface area contributed by atoms with Crippen molar-refractivity contribution in [3.8, 4) is 0 Å². The van der Waals surface area contributed by atoms with Gasteiger partial charge in [0.1, 0.15) is 18.8 Å². The highest BCUT2D eigenvalue weighted by atomic mass is 16.6. The maximum Gasteiger partial charge on any atom is 0.407 e. The topological polar surface area (TPSA) is 89.1 Å². The van der Waals surface area contributed by atoms with Gasteiger partial charge in [0.05, 0.1) is 0 Å². The molecule has 2 amide bonds. The van der Waals surface area contributed by atoms with Gasteiger partial charge in [-0.05, 0) is 37.5 Å². The van der Waals surface area contributed by atoms with E-state index in [0.717, 1.165) is 45.3 Å². The van der Waals surface area contributed by atoms with Crippen molar-refractivity contribution in [3.63, 3.8) is 0 Å². The van der Waals surface area contributed by atoms with E-state index in [2.05, 4.69) is 50.2 Å². The zero-order valence-corrected chi connectivity index (χ0v) is 30.2. The lowest BCUT2D eigenvalue weighted by Crippen LogP contribution is -2.48. The van der Waals surface area contributed by atoms with E-state index in [1.807, 2.05) is 0 Å². The van der Waals surface area contributed by atoms with E-state index < -0.39 is 17.8 Å². The summed E-state index contributed by atoms with van der Waals surface area (Å²) in [6.45, 7) is 15.8. The normalized spacial score (nSPS) is 16.8. The molecule has 0 bridgehead atoms. The van der Waals surface area contributed by atoms with E-state index >= 15 is 0 Å². The number of rotatable bonds is 28. The van der Waals surface area contributed by atoms with Crippen LogP contribution in [0.4, 0.5) is 9.59 Å². The van der Waals surface area contributed by atoms with Gasteiger partial charge in [-0.2, -0.15) is 0 Å². The zero-order chi connectivity index (χ0) is 33.0. The van der Waals surface area contributed by atoms with Crippen molar-refractivity contribution in [2.45, 2.75) is 162 Å². The predicted molar refractivity (Wildman–Crippen MR) is 187 cm³/mol. The summed E-state index contributed by atoms with van der Waals surface area (Å²) < 4.78 is 17.1. The van der Waals surface area contributed by atoms with Gasteiger partial charge in [-0.15, -0.1) is 0 Å². The molecule has 266 valence electrons. The van der Waals surface area contributed by atoms with Crippen molar-refractivity contribution >= 4 is 12.2 Å². The minimum absolute atomic E-state index is 0.0763. The van der Waals surface area contributed by atoms with Crippen molar-refractivity contribution in [3.05, 3.63) is 0 Å². The number of alkyl carbamates (subject to hydrolysis) is 2. The van der Waals surface area contributed by atoms with Gasteiger partial charge in [0.2, 0.25) is 0 Å². The monoisotopic (exact) mass is 640 g/mol. The summed E-state index contributed by atoms with van der Waals surface area (Å²) in [6.07, 6.45) is 23.0. The molecule has 2 N–H and O–H groups in total. The number of hydrogen-bond donors (Lipinski definition) is 2. The molecule has 1 rings (SSSR count). The van der Waals surface area contributed by atoms with Gasteiger partial charge in [-0.1, -0.05) is 131 Å². The Kier molecular flexibility index (Phi) is 25.4. The first kappa shape index (κ1) is 41.5. The summed E-state index contributed by atoms with van der Waals surface area (Å²) in [5.41, 5.74) is -0.775. The molecule has 1 unspecified atom stereocenters. The van der Waals surface area contributed by atoms with Crippen LogP contribution in [0.5, 0.6) is 0 Å². The highest BCUT2D eigenvalue weighted by Crippen LogP contribution is 2.26. The average molecular weight is 640 g/mol. The number of unbranched alkanes of at least 4 members (excludes halogenated alkanes) is 15. The third-order valence-corrected chi connectivity index (χ3v) is 8.61. The van der Waals surface area contributed by atoms with Crippen molar-refractivity contribution in [2.24, 2.45) is 11.8 Å². The first-order valence-electron chi connectivity index (χ1n) is 18.9. The summed E-state index contributed by atoms with van der Waals surface area (Å²) in [4.78, 5) is 27.2. The van der Waals surface area contributed by atoms with E-state index in [0.29, 0.717) is 38.0 Å². The lowest BCUT2D eigenvalue weighted by molar-refractivity contribution is -0.134. The lowest BCUT2D eigenvalue weighted by atomic mass is 9.95. The van der Waals surface area contributed by atoms with Crippen LogP contribution in [0.3, 0.4) is 0 Å². The first-order valence-corrected chi connectivity index (χ1v) is 18.9. The Morgan fingerprint density at radius 1 is 0.667 bits per heavy atom.